The van der Waals surface area contributed by atoms with Crippen molar-refractivity contribution in [2.45, 2.75) is 68.7 Å². The molecule has 40 heavy (non-hydrogen) atoms. The van der Waals surface area contributed by atoms with Gasteiger partial charge in [-0.15, -0.1) is 11.8 Å². The molecule has 1 fully saturated rings. The number of ether oxygens (including phenoxy) is 1. The molecule has 1 aliphatic rings. The minimum absolute atomic E-state index is 0.107. The van der Waals surface area contributed by atoms with Crippen LogP contribution in [0.25, 0.3) is 10.9 Å². The van der Waals surface area contributed by atoms with Crippen LogP contribution in [0.1, 0.15) is 61.6 Å². The molecule has 10 heteroatoms. The maximum absolute atomic E-state index is 13.2. The van der Waals surface area contributed by atoms with Gasteiger partial charge in [0.05, 0.1) is 17.5 Å². The molecule has 9 nitrogen and oxygen atoms in total. The Morgan fingerprint density at radius 3 is 2.40 bits per heavy atom. The van der Waals surface area contributed by atoms with Gasteiger partial charge >= 0.3 is 6.09 Å². The molecular formula is C30H36N4O5S. The van der Waals surface area contributed by atoms with Gasteiger partial charge in [-0.3, -0.25) is 19.8 Å². The van der Waals surface area contributed by atoms with E-state index in [-0.39, 0.29) is 12.3 Å². The zero-order valence-corrected chi connectivity index (χ0v) is 24.1. The summed E-state index contributed by atoms with van der Waals surface area (Å²) in [5.41, 5.74) is 3.76. The quantitative estimate of drug-likeness (QED) is 0.204. The average Bonchev–Trinajstić information content (AvgIpc) is 2.91. The van der Waals surface area contributed by atoms with Crippen molar-refractivity contribution in [3.8, 4) is 0 Å². The first-order chi connectivity index (χ1) is 19.0. The molecule has 1 aliphatic heterocycles. The number of para-hydroxylation sites is 1. The Morgan fingerprint density at radius 2 is 1.75 bits per heavy atom. The van der Waals surface area contributed by atoms with E-state index >= 15 is 0 Å². The second kappa shape index (κ2) is 12.3. The largest absolute Gasteiger partial charge is 0.444 e. The molecule has 1 saturated heterocycles. The molecule has 212 valence electrons. The Balaban J connectivity index is 1.41. The molecule has 0 aliphatic carbocycles. The van der Waals surface area contributed by atoms with Gasteiger partial charge in [-0.2, -0.15) is 0 Å². The maximum Gasteiger partial charge on any atom is 0.410 e. The molecule has 0 saturated carbocycles. The highest BCUT2D eigenvalue weighted by atomic mass is 32.2. The van der Waals surface area contributed by atoms with Crippen LogP contribution in [0.4, 0.5) is 4.79 Å². The van der Waals surface area contributed by atoms with Crippen LogP contribution in [0.3, 0.4) is 0 Å². The van der Waals surface area contributed by atoms with E-state index < -0.39 is 23.1 Å². The van der Waals surface area contributed by atoms with Crippen molar-refractivity contribution in [2.24, 2.45) is 0 Å². The third kappa shape index (κ3) is 7.51. The van der Waals surface area contributed by atoms with Crippen LogP contribution in [0.2, 0.25) is 0 Å². The fraction of sp³-hybridized carbons (Fsp3) is 0.400. The predicted molar refractivity (Wildman–Crippen MR) is 154 cm³/mol. The molecule has 4 rings (SSSR count). The van der Waals surface area contributed by atoms with Crippen molar-refractivity contribution in [1.29, 1.82) is 0 Å². The lowest BCUT2D eigenvalue weighted by Crippen LogP contribution is -2.58. The molecule has 0 bridgehead atoms. The average molecular weight is 565 g/mol. The Morgan fingerprint density at radius 1 is 1.07 bits per heavy atom. The van der Waals surface area contributed by atoms with Crippen molar-refractivity contribution in [3.05, 3.63) is 71.4 Å². The molecule has 2 aromatic carbocycles. The Hall–Kier alpha value is -3.63. The predicted octanol–water partition coefficient (Wildman–Crippen LogP) is 5.23. The standard InChI is InChI=1S/C30H36N4O5S/c1-20-17-22(24-7-5-6-8-25(24)31-20)19-40-23-11-9-21(10-12-23)27(36)32-30(18-26(35)33-38)13-15-34(16-14-30)28(37)39-29(2,3)4/h5-12,17,38H,13-16,18-19H2,1-4H3,(H,32,36)(H,33,35). The van der Waals surface area contributed by atoms with Crippen LogP contribution in [-0.2, 0) is 15.3 Å². The van der Waals surface area contributed by atoms with Gasteiger partial charge in [0.25, 0.3) is 5.91 Å². The van der Waals surface area contributed by atoms with Crippen molar-refractivity contribution in [3.63, 3.8) is 0 Å². The van der Waals surface area contributed by atoms with E-state index in [1.54, 1.807) is 55.0 Å². The summed E-state index contributed by atoms with van der Waals surface area (Å²) in [4.78, 5) is 45.1. The summed E-state index contributed by atoms with van der Waals surface area (Å²) in [5, 5.41) is 13.3. The molecule has 1 aromatic heterocycles. The van der Waals surface area contributed by atoms with E-state index in [0.717, 1.165) is 27.2 Å². The van der Waals surface area contributed by atoms with Gasteiger partial charge in [-0.1, -0.05) is 18.2 Å². The molecular weight excluding hydrogens is 528 g/mol. The first-order valence-electron chi connectivity index (χ1n) is 13.3. The summed E-state index contributed by atoms with van der Waals surface area (Å²) < 4.78 is 5.46. The van der Waals surface area contributed by atoms with Crippen LogP contribution in [-0.4, -0.2) is 57.2 Å². The highest BCUT2D eigenvalue weighted by molar-refractivity contribution is 7.98. The van der Waals surface area contributed by atoms with Gasteiger partial charge in [0.15, 0.2) is 0 Å². The first-order valence-corrected chi connectivity index (χ1v) is 14.3. The summed E-state index contributed by atoms with van der Waals surface area (Å²) in [5.74, 6) is -0.149. The minimum atomic E-state index is -0.907. The van der Waals surface area contributed by atoms with Crippen molar-refractivity contribution in [1.82, 2.24) is 20.7 Å². The number of rotatable bonds is 7. The lowest BCUT2D eigenvalue weighted by atomic mass is 9.83. The number of hydrogen-bond donors (Lipinski definition) is 3. The van der Waals surface area contributed by atoms with E-state index in [4.69, 9.17) is 9.94 Å². The van der Waals surface area contributed by atoms with Crippen LogP contribution in [0.15, 0.2) is 59.5 Å². The van der Waals surface area contributed by atoms with Crippen LogP contribution >= 0.6 is 11.8 Å². The zero-order chi connectivity index (χ0) is 28.9. The van der Waals surface area contributed by atoms with Crippen LogP contribution in [0, 0.1) is 6.92 Å². The number of pyridine rings is 1. The number of hydrogen-bond acceptors (Lipinski definition) is 7. The molecule has 0 spiro atoms. The second-order valence-electron chi connectivity index (χ2n) is 11.2. The normalized spacial score (nSPS) is 15.0. The van der Waals surface area contributed by atoms with E-state index in [1.807, 2.05) is 37.3 Å². The van der Waals surface area contributed by atoms with Gasteiger partial charge in [-0.25, -0.2) is 10.3 Å². The third-order valence-electron chi connectivity index (χ3n) is 6.82. The number of aryl methyl sites for hydroxylation is 1. The number of aromatic nitrogens is 1. The van der Waals surface area contributed by atoms with Crippen LogP contribution < -0.4 is 10.8 Å². The fourth-order valence-electron chi connectivity index (χ4n) is 4.83. The van der Waals surface area contributed by atoms with Crippen molar-refractivity contribution in [2.75, 3.05) is 13.1 Å². The van der Waals surface area contributed by atoms with E-state index in [9.17, 15) is 14.4 Å². The zero-order valence-electron chi connectivity index (χ0n) is 23.3. The highest BCUT2D eigenvalue weighted by Gasteiger charge is 2.40. The summed E-state index contributed by atoms with van der Waals surface area (Å²) in [7, 11) is 0. The maximum atomic E-state index is 13.2. The molecule has 2 heterocycles. The third-order valence-corrected chi connectivity index (χ3v) is 7.88. The molecule has 0 atom stereocenters. The van der Waals surface area contributed by atoms with Crippen molar-refractivity contribution >= 4 is 40.6 Å². The number of likely N-dealkylation sites (tertiary alicyclic amines) is 1. The SMILES string of the molecule is Cc1cc(CSc2ccc(C(=O)NC3(CC(=O)NO)CCN(C(=O)OC(C)(C)C)CC3)cc2)c2ccccc2n1. The number of carbonyl (C=O) groups is 3. The lowest BCUT2D eigenvalue weighted by Gasteiger charge is -2.42. The van der Waals surface area contributed by atoms with E-state index in [2.05, 4.69) is 22.4 Å². The number of fused-ring (bicyclic) bond motifs is 1. The minimum Gasteiger partial charge on any atom is -0.444 e. The number of hydroxylamine groups is 1. The monoisotopic (exact) mass is 564 g/mol. The number of piperidine rings is 1. The number of amides is 3. The Bertz CT molecular complexity index is 1380. The first kappa shape index (κ1) is 29.4. The van der Waals surface area contributed by atoms with E-state index in [0.29, 0.717) is 31.5 Å². The van der Waals surface area contributed by atoms with Crippen molar-refractivity contribution < 1.29 is 24.3 Å². The fourth-order valence-corrected chi connectivity index (χ4v) is 5.72. The van der Waals surface area contributed by atoms with Gasteiger partial charge in [0.1, 0.15) is 5.60 Å². The molecule has 3 amide bonds. The summed E-state index contributed by atoms with van der Waals surface area (Å²) in [6.45, 7) is 8.02. The number of nitrogens with one attached hydrogen (secondary N) is 2. The summed E-state index contributed by atoms with van der Waals surface area (Å²) >= 11 is 1.68. The number of nitrogens with zero attached hydrogens (tertiary/aromatic N) is 2. The summed E-state index contributed by atoms with van der Waals surface area (Å²) in [6, 6.07) is 17.6. The topological polar surface area (TPSA) is 121 Å². The van der Waals surface area contributed by atoms with Gasteiger partial charge in [-0.05, 0) is 82.5 Å². The Kier molecular flexibility index (Phi) is 9.00. The smallest absolute Gasteiger partial charge is 0.410 e. The van der Waals surface area contributed by atoms with E-state index in [1.165, 1.54) is 5.56 Å². The molecule has 0 radical (unpaired) electrons. The van der Waals surface area contributed by atoms with Crippen LogP contribution in [0.5, 0.6) is 0 Å². The summed E-state index contributed by atoms with van der Waals surface area (Å²) in [6.07, 6.45) is 0.157. The van der Waals surface area contributed by atoms with Gasteiger partial charge < -0.3 is 15.0 Å². The highest BCUT2D eigenvalue weighted by Crippen LogP contribution is 2.30. The number of carbonyl (C=O) groups excluding carboxylic acids is 3. The molecule has 3 aromatic rings. The number of benzene rings is 2. The number of thioether (sulfide) groups is 1. The Labute approximate surface area is 238 Å². The van der Waals surface area contributed by atoms with Gasteiger partial charge in [0.2, 0.25) is 5.91 Å². The lowest BCUT2D eigenvalue weighted by molar-refractivity contribution is -0.131. The molecule has 0 unspecified atom stereocenters. The molecule has 3 N–H and O–H groups in total. The van der Waals surface area contributed by atoms with Gasteiger partial charge in [0, 0.05) is 40.4 Å². The second-order valence-corrected chi connectivity index (χ2v) is 12.2.